The average Bonchev–Trinajstić information content (AvgIpc) is 3.22. The Labute approximate surface area is 175 Å². The summed E-state index contributed by atoms with van der Waals surface area (Å²) in [5.41, 5.74) is 3.16. The molecule has 3 heterocycles. The van der Waals surface area contributed by atoms with Gasteiger partial charge >= 0.3 is 0 Å². The van der Waals surface area contributed by atoms with Crippen LogP contribution in [0.3, 0.4) is 0 Å². The van der Waals surface area contributed by atoms with Crippen LogP contribution in [-0.4, -0.2) is 43.8 Å². The Bertz CT molecular complexity index is 1170. The first-order valence-electron chi connectivity index (χ1n) is 9.95. The van der Waals surface area contributed by atoms with E-state index in [-0.39, 0.29) is 11.7 Å². The zero-order valence-electron chi connectivity index (χ0n) is 16.7. The van der Waals surface area contributed by atoms with Crippen LogP contribution in [0.25, 0.3) is 22.0 Å². The molecule has 4 rings (SSSR count). The Morgan fingerprint density at radius 3 is 2.93 bits per heavy atom. The van der Waals surface area contributed by atoms with Gasteiger partial charge in [0, 0.05) is 49.1 Å². The Balaban J connectivity index is 1.77. The molecular weight excluding hydrogens is 406 g/mol. The van der Waals surface area contributed by atoms with Gasteiger partial charge in [-0.05, 0) is 43.0 Å². The lowest BCUT2D eigenvalue weighted by molar-refractivity contribution is 0.00767. The van der Waals surface area contributed by atoms with Gasteiger partial charge in [-0.2, -0.15) is 0 Å². The lowest BCUT2D eigenvalue weighted by Crippen LogP contribution is -2.28. The molecule has 9 heteroatoms. The molecular formula is C21H25N3O5S. The van der Waals surface area contributed by atoms with E-state index in [1.165, 1.54) is 0 Å². The predicted molar refractivity (Wildman–Crippen MR) is 115 cm³/mol. The third-order valence-corrected chi connectivity index (χ3v) is 5.78. The monoisotopic (exact) mass is 431 g/mol. The van der Waals surface area contributed by atoms with Crippen LogP contribution in [0, 0.1) is 0 Å². The van der Waals surface area contributed by atoms with Crippen LogP contribution in [0.4, 0.5) is 0 Å². The molecule has 0 aliphatic carbocycles. The molecule has 160 valence electrons. The van der Waals surface area contributed by atoms with Crippen molar-refractivity contribution in [3.05, 3.63) is 52.6 Å². The van der Waals surface area contributed by atoms with Crippen molar-refractivity contribution in [2.45, 2.75) is 25.4 Å². The summed E-state index contributed by atoms with van der Waals surface area (Å²) in [6, 6.07) is 7.75. The molecule has 0 spiro atoms. The van der Waals surface area contributed by atoms with Gasteiger partial charge in [-0.1, -0.05) is 6.07 Å². The fourth-order valence-electron chi connectivity index (χ4n) is 3.80. The van der Waals surface area contributed by atoms with Crippen molar-refractivity contribution >= 4 is 21.8 Å². The minimum atomic E-state index is -2.62. The van der Waals surface area contributed by atoms with Gasteiger partial charge in [0.1, 0.15) is 17.4 Å². The van der Waals surface area contributed by atoms with E-state index in [9.17, 15) is 13.2 Å². The molecule has 1 unspecified atom stereocenters. The number of rotatable bonds is 7. The molecule has 1 fully saturated rings. The molecule has 0 amide bonds. The van der Waals surface area contributed by atoms with Crippen LogP contribution in [0.1, 0.15) is 18.4 Å². The first kappa shape index (κ1) is 20.6. The van der Waals surface area contributed by atoms with Crippen LogP contribution in [0.2, 0.25) is 0 Å². The minimum Gasteiger partial charge on any atom is -0.487 e. The van der Waals surface area contributed by atoms with Crippen LogP contribution < -0.4 is 15.0 Å². The summed E-state index contributed by atoms with van der Waals surface area (Å²) in [6.45, 7) is 1.63. The maximum Gasteiger partial charge on any atom is 0.274 e. The number of hydrogen-bond donors (Lipinski definition) is 3. The lowest BCUT2D eigenvalue weighted by Gasteiger charge is -2.25. The number of hydrogen-bond acceptors (Lipinski definition) is 5. The number of aromatic nitrogens is 2. The third kappa shape index (κ3) is 4.43. The normalized spacial score (nSPS) is 16.9. The zero-order chi connectivity index (χ0) is 21.1. The van der Waals surface area contributed by atoms with Crippen molar-refractivity contribution in [2.75, 3.05) is 19.8 Å². The van der Waals surface area contributed by atoms with Crippen LogP contribution in [-0.2, 0) is 29.1 Å². The molecule has 8 nitrogen and oxygen atoms in total. The molecule has 2 N–H and O–H groups in total. The highest BCUT2D eigenvalue weighted by molar-refractivity contribution is 7.70. The first-order chi connectivity index (χ1) is 14.5. The fraction of sp³-hybridized carbons (Fsp3) is 0.381. The summed E-state index contributed by atoms with van der Waals surface area (Å²) < 4.78 is 37.4. The molecule has 1 atom stereocenters. The smallest absolute Gasteiger partial charge is 0.274 e. The maximum absolute atomic E-state index is 12.5. The number of aryl methyl sites for hydroxylation is 1. The summed E-state index contributed by atoms with van der Waals surface area (Å²) in [4.78, 5) is 15.5. The van der Waals surface area contributed by atoms with Crippen LogP contribution in [0.15, 0.2) is 41.5 Å². The second-order valence-electron chi connectivity index (χ2n) is 7.43. The Morgan fingerprint density at radius 1 is 1.30 bits per heavy atom. The molecule has 3 aromatic rings. The molecule has 1 aliphatic heterocycles. The van der Waals surface area contributed by atoms with Gasteiger partial charge in [0.2, 0.25) is 10.9 Å². The van der Waals surface area contributed by atoms with E-state index in [4.69, 9.17) is 9.47 Å². The Morgan fingerprint density at radius 2 is 2.17 bits per heavy atom. The second kappa shape index (κ2) is 9.03. The zero-order valence-corrected chi connectivity index (χ0v) is 17.6. The summed E-state index contributed by atoms with van der Waals surface area (Å²) in [5.74, 6) is 0.721. The molecule has 0 bridgehead atoms. The molecule has 30 heavy (non-hydrogen) atoms. The van der Waals surface area contributed by atoms with E-state index in [1.54, 1.807) is 17.8 Å². The lowest BCUT2D eigenvalue weighted by atomic mass is 9.99. The maximum atomic E-state index is 12.5. The van der Waals surface area contributed by atoms with Gasteiger partial charge in [0.05, 0.1) is 6.61 Å². The standard InChI is InChI=1S/C21H25N3O5S/c1-24-12-18(16-7-8-22-20(16)21(24)25)17-11-14(6-9-23-30(26)27)4-5-19(17)29-15-3-2-10-28-13-15/h4-5,7-8,11-12,15,22,30H,2-3,6,9-10,13H2,1H3,(H,23,26,27). The van der Waals surface area contributed by atoms with E-state index >= 15 is 0 Å². The summed E-state index contributed by atoms with van der Waals surface area (Å²) in [5, 5.41) is 0.820. The minimum absolute atomic E-state index is 0.0243. The van der Waals surface area contributed by atoms with E-state index < -0.39 is 10.9 Å². The number of aromatic amines is 1. The Hall–Kier alpha value is -2.62. The average molecular weight is 432 g/mol. The SMILES string of the molecule is Cn1cc(-c2cc(CCN[SH](=O)=O)ccc2OC2CCCOC2)c2cc[nH]c2c1=O. The highest BCUT2D eigenvalue weighted by atomic mass is 32.2. The third-order valence-electron chi connectivity index (χ3n) is 5.30. The number of pyridine rings is 1. The van der Waals surface area contributed by atoms with Gasteiger partial charge in [-0.3, -0.25) is 4.79 Å². The molecule has 1 aliphatic rings. The van der Waals surface area contributed by atoms with Gasteiger partial charge in [0.25, 0.3) is 5.56 Å². The van der Waals surface area contributed by atoms with E-state index in [2.05, 4.69) is 9.71 Å². The van der Waals surface area contributed by atoms with Crippen LogP contribution in [0.5, 0.6) is 5.75 Å². The summed E-state index contributed by atoms with van der Waals surface area (Å²) >= 11 is 0. The van der Waals surface area contributed by atoms with Crippen molar-refractivity contribution in [3.8, 4) is 16.9 Å². The van der Waals surface area contributed by atoms with Crippen molar-refractivity contribution in [1.82, 2.24) is 14.3 Å². The topological polar surface area (TPSA) is 102 Å². The van der Waals surface area contributed by atoms with E-state index in [0.717, 1.165) is 47.3 Å². The molecule has 1 aromatic carbocycles. The highest BCUT2D eigenvalue weighted by Crippen LogP contribution is 2.36. The van der Waals surface area contributed by atoms with Crippen LogP contribution >= 0.6 is 0 Å². The molecule has 1 saturated heterocycles. The number of nitrogens with one attached hydrogen (secondary N) is 2. The summed E-state index contributed by atoms with van der Waals surface area (Å²) in [7, 11) is -0.900. The Kier molecular flexibility index (Phi) is 6.21. The number of H-pyrrole nitrogens is 1. The largest absolute Gasteiger partial charge is 0.487 e. The second-order valence-corrected chi connectivity index (χ2v) is 8.26. The van der Waals surface area contributed by atoms with E-state index in [1.807, 2.05) is 30.5 Å². The van der Waals surface area contributed by atoms with Crippen molar-refractivity contribution in [3.63, 3.8) is 0 Å². The molecule has 2 aromatic heterocycles. The number of ether oxygens (including phenoxy) is 2. The molecule has 0 radical (unpaired) electrons. The summed E-state index contributed by atoms with van der Waals surface area (Å²) in [6.07, 6.45) is 5.97. The van der Waals surface area contributed by atoms with Gasteiger partial charge in [-0.15, -0.1) is 0 Å². The van der Waals surface area contributed by atoms with Crippen molar-refractivity contribution in [2.24, 2.45) is 7.05 Å². The predicted octanol–water partition coefficient (Wildman–Crippen LogP) is 1.75. The first-order valence-corrected chi connectivity index (χ1v) is 11.1. The van der Waals surface area contributed by atoms with Gasteiger partial charge in [-0.25, -0.2) is 13.1 Å². The van der Waals surface area contributed by atoms with Gasteiger partial charge < -0.3 is 19.0 Å². The number of benzene rings is 1. The number of nitrogens with zero attached hydrogens (tertiary/aromatic N) is 1. The highest BCUT2D eigenvalue weighted by Gasteiger charge is 2.20. The van der Waals surface area contributed by atoms with E-state index in [0.29, 0.717) is 25.1 Å². The molecule has 0 saturated carbocycles. The van der Waals surface area contributed by atoms with Crippen molar-refractivity contribution in [1.29, 1.82) is 0 Å². The quantitative estimate of drug-likeness (QED) is 0.495. The fourth-order valence-corrected chi connectivity index (χ4v) is 4.10. The number of fused-ring (bicyclic) bond motifs is 1. The van der Waals surface area contributed by atoms with Crippen molar-refractivity contribution < 1.29 is 17.9 Å². The van der Waals surface area contributed by atoms with Gasteiger partial charge in [0.15, 0.2) is 0 Å². The number of thiol groups is 1.